The molecule has 0 fully saturated rings. The Bertz CT molecular complexity index is 563. The van der Waals surface area contributed by atoms with E-state index in [0.29, 0.717) is 11.7 Å². The van der Waals surface area contributed by atoms with Gasteiger partial charge in [0.05, 0.1) is 0 Å². The van der Waals surface area contributed by atoms with Crippen molar-refractivity contribution in [2.45, 2.75) is 13.8 Å². The maximum Gasteiger partial charge on any atom is 0.265 e. The van der Waals surface area contributed by atoms with Crippen molar-refractivity contribution < 1.29 is 4.42 Å². The van der Waals surface area contributed by atoms with Gasteiger partial charge in [-0.1, -0.05) is 12.2 Å². The van der Waals surface area contributed by atoms with Crippen molar-refractivity contribution in [3.05, 3.63) is 26.7 Å². The van der Waals surface area contributed by atoms with Crippen molar-refractivity contribution in [2.75, 3.05) is 0 Å². The summed E-state index contributed by atoms with van der Waals surface area (Å²) in [6.07, 6.45) is 0. The van der Waals surface area contributed by atoms with Gasteiger partial charge in [0, 0.05) is 6.92 Å². The van der Waals surface area contributed by atoms with E-state index in [-0.39, 0.29) is 21.3 Å². The molecule has 0 aliphatic rings. The summed E-state index contributed by atoms with van der Waals surface area (Å²) >= 11 is 4.94. The number of aromatic nitrogens is 3. The molecular weight excluding hydrogens is 202 g/mol. The van der Waals surface area contributed by atoms with E-state index in [1.165, 1.54) is 0 Å². The van der Waals surface area contributed by atoms with Crippen molar-refractivity contribution in [1.29, 1.82) is 0 Å². The minimum Gasteiger partial charge on any atom is -0.424 e. The Balaban J connectivity index is 3.10. The van der Waals surface area contributed by atoms with Gasteiger partial charge in [0.1, 0.15) is 15.9 Å². The van der Waals surface area contributed by atoms with Gasteiger partial charge in [-0.25, -0.2) is 4.98 Å². The van der Waals surface area contributed by atoms with Crippen LogP contribution in [0.15, 0.2) is 9.21 Å². The summed E-state index contributed by atoms with van der Waals surface area (Å²) < 4.78 is 5.42. The van der Waals surface area contributed by atoms with Crippen LogP contribution in [0.4, 0.5) is 0 Å². The molecule has 5 nitrogen and oxygen atoms in total. The van der Waals surface area contributed by atoms with E-state index in [4.69, 9.17) is 16.6 Å². The summed E-state index contributed by atoms with van der Waals surface area (Å²) in [5, 5.41) is 0.233. The molecule has 0 bridgehead atoms. The number of nitrogens with one attached hydrogen (secondary N) is 1. The van der Waals surface area contributed by atoms with E-state index in [2.05, 4.69) is 15.0 Å². The third-order valence-corrected chi connectivity index (χ3v) is 2.02. The van der Waals surface area contributed by atoms with E-state index in [1.54, 1.807) is 13.8 Å². The van der Waals surface area contributed by atoms with Crippen molar-refractivity contribution in [1.82, 2.24) is 15.0 Å². The fourth-order valence-electron chi connectivity index (χ4n) is 1.18. The molecule has 0 atom stereocenters. The minimum atomic E-state index is -0.311. The Morgan fingerprint density at radius 2 is 2.07 bits per heavy atom. The van der Waals surface area contributed by atoms with E-state index in [9.17, 15) is 4.79 Å². The van der Waals surface area contributed by atoms with Crippen LogP contribution < -0.4 is 5.56 Å². The van der Waals surface area contributed by atoms with E-state index >= 15 is 0 Å². The van der Waals surface area contributed by atoms with Gasteiger partial charge in [-0.05, 0) is 6.92 Å². The summed E-state index contributed by atoms with van der Waals surface area (Å²) in [7, 11) is 0. The lowest BCUT2D eigenvalue weighted by Crippen LogP contribution is -2.10. The quantitative estimate of drug-likeness (QED) is 0.661. The molecule has 0 saturated carbocycles. The number of H-pyrrole nitrogens is 1. The van der Waals surface area contributed by atoms with Gasteiger partial charge in [-0.2, -0.15) is 4.98 Å². The van der Waals surface area contributed by atoms with Crippen LogP contribution in [0.2, 0.25) is 0 Å². The molecule has 14 heavy (non-hydrogen) atoms. The van der Waals surface area contributed by atoms with E-state index in [1.807, 2.05) is 0 Å². The van der Waals surface area contributed by atoms with Crippen LogP contribution in [0.5, 0.6) is 0 Å². The lowest BCUT2D eigenvalue weighted by molar-refractivity contribution is 0.524. The molecule has 2 aromatic rings. The highest BCUT2D eigenvalue weighted by Crippen LogP contribution is 2.08. The van der Waals surface area contributed by atoms with Gasteiger partial charge in [-0.3, -0.25) is 4.79 Å². The molecule has 1 N–H and O–H groups in total. The first-order valence-electron chi connectivity index (χ1n) is 3.96. The smallest absolute Gasteiger partial charge is 0.265 e. The van der Waals surface area contributed by atoms with Crippen molar-refractivity contribution in [3.8, 4) is 0 Å². The highest BCUT2D eigenvalue weighted by molar-refractivity contribution is 7.71. The number of aryl methyl sites for hydroxylation is 2. The standard InChI is InChI=1S/C8H7N3O2S/c1-3-9-6(12)5-7(10-3)13-4(2)11-8(5)14/h1-2H3,(H,9,10,12). The normalized spacial score (nSPS) is 10.7. The summed E-state index contributed by atoms with van der Waals surface area (Å²) in [6.45, 7) is 3.34. The van der Waals surface area contributed by atoms with Gasteiger partial charge >= 0.3 is 0 Å². The first-order valence-corrected chi connectivity index (χ1v) is 4.37. The van der Waals surface area contributed by atoms with Crippen LogP contribution in [-0.2, 0) is 0 Å². The number of hydrogen-bond acceptors (Lipinski definition) is 5. The molecule has 0 spiro atoms. The molecule has 0 aliphatic heterocycles. The highest BCUT2D eigenvalue weighted by atomic mass is 32.1. The Kier molecular flexibility index (Phi) is 1.92. The van der Waals surface area contributed by atoms with Gasteiger partial charge < -0.3 is 9.40 Å². The molecule has 0 unspecified atom stereocenters. The minimum absolute atomic E-state index is 0.220. The van der Waals surface area contributed by atoms with Gasteiger partial charge in [0.2, 0.25) is 5.71 Å². The predicted octanol–water partition coefficient (Wildman–Crippen LogP) is 1.26. The van der Waals surface area contributed by atoms with Crippen LogP contribution in [0.1, 0.15) is 11.7 Å². The summed E-state index contributed by atoms with van der Waals surface area (Å²) in [6, 6.07) is 0. The maximum absolute atomic E-state index is 11.5. The summed E-state index contributed by atoms with van der Waals surface area (Å²) in [5.74, 6) is 0.895. The summed E-state index contributed by atoms with van der Waals surface area (Å²) in [4.78, 5) is 21.9. The molecule has 0 saturated heterocycles. The third-order valence-electron chi connectivity index (χ3n) is 1.72. The molecule has 2 heterocycles. The zero-order chi connectivity index (χ0) is 10.3. The van der Waals surface area contributed by atoms with E-state index < -0.39 is 0 Å². The molecule has 2 rings (SSSR count). The molecule has 72 valence electrons. The third kappa shape index (κ3) is 1.33. The first kappa shape index (κ1) is 9.01. The number of fused-ring (bicyclic) bond motifs is 1. The average molecular weight is 209 g/mol. The predicted molar refractivity (Wildman–Crippen MR) is 52.7 cm³/mol. The molecule has 2 aromatic heterocycles. The number of nitrogens with zero attached hydrogens (tertiary/aromatic N) is 2. The second-order valence-corrected chi connectivity index (χ2v) is 3.26. The van der Waals surface area contributed by atoms with E-state index in [0.717, 1.165) is 0 Å². The zero-order valence-electron chi connectivity index (χ0n) is 7.62. The molecule has 0 aromatic carbocycles. The molecular formula is C8H7N3O2S. The monoisotopic (exact) mass is 209 g/mol. The Hall–Kier alpha value is -1.56. The molecule has 0 aliphatic carbocycles. The van der Waals surface area contributed by atoms with Gasteiger partial charge in [-0.15, -0.1) is 0 Å². The second-order valence-electron chi connectivity index (χ2n) is 2.87. The van der Waals surface area contributed by atoms with Crippen molar-refractivity contribution in [2.24, 2.45) is 0 Å². The topological polar surface area (TPSA) is 71.8 Å². The Morgan fingerprint density at radius 1 is 1.36 bits per heavy atom. The van der Waals surface area contributed by atoms with Crippen LogP contribution in [-0.4, -0.2) is 15.0 Å². The lowest BCUT2D eigenvalue weighted by atomic mass is 10.4. The summed E-state index contributed by atoms with van der Waals surface area (Å²) in [5.41, 5.74) is -0.0718. The SMILES string of the molecule is Cc1nc2oc(C)nc(=S)c2c(=O)[nH]1. The lowest BCUT2D eigenvalue weighted by Gasteiger charge is -1.98. The Morgan fingerprint density at radius 3 is 2.79 bits per heavy atom. The Labute approximate surface area is 83.8 Å². The first-order chi connectivity index (χ1) is 6.58. The fourth-order valence-corrected chi connectivity index (χ4v) is 1.49. The largest absolute Gasteiger partial charge is 0.424 e. The molecule has 6 heteroatoms. The number of rotatable bonds is 0. The van der Waals surface area contributed by atoms with Crippen molar-refractivity contribution >= 4 is 23.3 Å². The second kappa shape index (κ2) is 2.98. The number of aromatic amines is 1. The van der Waals surface area contributed by atoms with Crippen LogP contribution in [0, 0.1) is 18.5 Å². The van der Waals surface area contributed by atoms with Crippen molar-refractivity contribution in [3.63, 3.8) is 0 Å². The van der Waals surface area contributed by atoms with Gasteiger partial charge in [0.15, 0.2) is 5.89 Å². The zero-order valence-corrected chi connectivity index (χ0v) is 8.44. The van der Waals surface area contributed by atoms with Crippen LogP contribution in [0.3, 0.4) is 0 Å². The maximum atomic E-state index is 11.5. The molecule has 0 radical (unpaired) electrons. The fraction of sp³-hybridized carbons (Fsp3) is 0.250. The number of hydrogen-bond donors (Lipinski definition) is 1. The molecule has 0 amide bonds. The van der Waals surface area contributed by atoms with Crippen LogP contribution in [0.25, 0.3) is 11.1 Å². The highest BCUT2D eigenvalue weighted by Gasteiger charge is 2.07. The van der Waals surface area contributed by atoms with Gasteiger partial charge in [0.25, 0.3) is 5.56 Å². The average Bonchev–Trinajstić information content (AvgIpc) is 1.99. The van der Waals surface area contributed by atoms with Crippen LogP contribution >= 0.6 is 12.2 Å².